The van der Waals surface area contributed by atoms with Crippen molar-refractivity contribution >= 4 is 18.3 Å². The number of carbonyl (C=O) groups excluding carboxylic acids is 1. The number of aldehydes is 1. The first kappa shape index (κ1) is 7.91. The van der Waals surface area contributed by atoms with Crippen molar-refractivity contribution in [3.8, 4) is 0 Å². The largest absolute Gasteiger partial charge is 0.481 e. The minimum absolute atomic E-state index is 0.558. The lowest BCUT2D eigenvalue weighted by molar-refractivity contribution is -0.104. The van der Waals surface area contributed by atoms with Gasteiger partial charge in [0.2, 0.25) is 5.88 Å². The number of hydrogen-bond donors (Lipinski definition) is 0. The predicted molar refractivity (Wildman–Crippen MR) is 48.7 cm³/mol. The topological polar surface area (TPSA) is 51.0 Å². The van der Waals surface area contributed by atoms with Crippen LogP contribution < -0.4 is 0 Å². The molecule has 4 heteroatoms. The lowest BCUT2D eigenvalue weighted by Gasteiger charge is -2.08. The highest BCUT2D eigenvalue weighted by atomic mass is 16.5. The number of ether oxygens (including phenoxy) is 1. The van der Waals surface area contributed by atoms with Gasteiger partial charge >= 0.3 is 0 Å². The van der Waals surface area contributed by atoms with Gasteiger partial charge in [-0.15, -0.1) is 0 Å². The Morgan fingerprint density at radius 1 is 1.62 bits per heavy atom. The fraction of sp³-hybridized carbons (Fsp3) is 0.222. The van der Waals surface area contributed by atoms with Crippen LogP contribution in [0.2, 0.25) is 0 Å². The Hall–Kier alpha value is -1.71. The second kappa shape index (κ2) is 2.97. The van der Waals surface area contributed by atoms with Gasteiger partial charge < -0.3 is 4.74 Å². The summed E-state index contributed by atoms with van der Waals surface area (Å²) in [6, 6.07) is 0. The average molecular weight is 176 g/mol. The Balaban J connectivity index is 2.38. The van der Waals surface area contributed by atoms with Gasteiger partial charge in [0.05, 0.1) is 7.11 Å². The Labute approximate surface area is 75.3 Å². The molecular weight excluding hydrogens is 168 g/mol. The summed E-state index contributed by atoms with van der Waals surface area (Å²) < 4.78 is 4.96. The SMILES string of the molecule is COC1=CCC2=C(C=O)C=NC2=N1. The lowest BCUT2D eigenvalue weighted by atomic mass is 10.1. The summed E-state index contributed by atoms with van der Waals surface area (Å²) in [5.41, 5.74) is 1.50. The Morgan fingerprint density at radius 3 is 3.15 bits per heavy atom. The van der Waals surface area contributed by atoms with Gasteiger partial charge in [0, 0.05) is 23.8 Å². The first-order valence-corrected chi connectivity index (χ1v) is 3.90. The number of rotatable bonds is 2. The molecule has 0 aliphatic carbocycles. The minimum Gasteiger partial charge on any atom is -0.481 e. The molecule has 0 fully saturated rings. The fourth-order valence-corrected chi connectivity index (χ4v) is 1.29. The van der Waals surface area contributed by atoms with Gasteiger partial charge in [-0.2, -0.15) is 4.99 Å². The highest BCUT2D eigenvalue weighted by molar-refractivity contribution is 6.22. The number of allylic oxidation sites excluding steroid dienone is 2. The summed E-state index contributed by atoms with van der Waals surface area (Å²) in [6.45, 7) is 0. The fourth-order valence-electron chi connectivity index (χ4n) is 1.29. The van der Waals surface area contributed by atoms with E-state index in [-0.39, 0.29) is 0 Å². The first-order chi connectivity index (χ1) is 6.35. The molecular formula is C9H8N2O2. The zero-order chi connectivity index (χ0) is 9.26. The number of carbonyl (C=O) groups is 1. The standard InChI is InChI=1S/C9H8N2O2/c1-13-8-3-2-7-6(5-12)4-10-9(7)11-8/h3-5H,2H2,1H3. The molecule has 0 atom stereocenters. The van der Waals surface area contributed by atoms with Crippen molar-refractivity contribution in [2.24, 2.45) is 9.98 Å². The van der Waals surface area contributed by atoms with E-state index in [1.807, 2.05) is 6.08 Å². The summed E-state index contributed by atoms with van der Waals surface area (Å²) >= 11 is 0. The molecule has 0 N–H and O–H groups in total. The van der Waals surface area contributed by atoms with E-state index in [4.69, 9.17) is 4.74 Å². The maximum atomic E-state index is 10.6. The predicted octanol–water partition coefficient (Wildman–Crippen LogP) is 0.856. The smallest absolute Gasteiger partial charge is 0.211 e. The molecule has 66 valence electrons. The molecule has 0 spiro atoms. The maximum Gasteiger partial charge on any atom is 0.211 e. The van der Waals surface area contributed by atoms with Crippen LogP contribution in [0.1, 0.15) is 6.42 Å². The van der Waals surface area contributed by atoms with Crippen molar-refractivity contribution in [1.82, 2.24) is 0 Å². The molecule has 4 nitrogen and oxygen atoms in total. The van der Waals surface area contributed by atoms with Crippen LogP contribution >= 0.6 is 0 Å². The van der Waals surface area contributed by atoms with Crippen molar-refractivity contribution in [3.05, 3.63) is 23.1 Å². The van der Waals surface area contributed by atoms with Crippen LogP contribution in [0.15, 0.2) is 33.1 Å². The van der Waals surface area contributed by atoms with E-state index < -0.39 is 0 Å². The van der Waals surface area contributed by atoms with E-state index in [0.717, 1.165) is 11.9 Å². The number of methoxy groups -OCH3 is 1. The third-order valence-electron chi connectivity index (χ3n) is 1.98. The molecule has 0 radical (unpaired) electrons. The summed E-state index contributed by atoms with van der Waals surface area (Å²) in [5, 5.41) is 0. The number of aliphatic imine (C=N–C) groups is 2. The van der Waals surface area contributed by atoms with Crippen LogP contribution in [-0.2, 0) is 9.53 Å². The molecule has 0 aromatic heterocycles. The zero-order valence-corrected chi connectivity index (χ0v) is 7.15. The highest BCUT2D eigenvalue weighted by Crippen LogP contribution is 2.22. The summed E-state index contributed by atoms with van der Waals surface area (Å²) in [7, 11) is 1.56. The van der Waals surface area contributed by atoms with Crippen LogP contribution in [0.4, 0.5) is 0 Å². The average Bonchev–Trinajstić information content (AvgIpc) is 2.59. The highest BCUT2D eigenvalue weighted by Gasteiger charge is 2.20. The van der Waals surface area contributed by atoms with Crippen molar-refractivity contribution in [1.29, 1.82) is 0 Å². The molecule has 2 aliphatic heterocycles. The van der Waals surface area contributed by atoms with Gasteiger partial charge in [0.25, 0.3) is 0 Å². The minimum atomic E-state index is 0.558. The monoisotopic (exact) mass is 176 g/mol. The van der Waals surface area contributed by atoms with Gasteiger partial charge in [0.1, 0.15) is 0 Å². The third kappa shape index (κ3) is 1.20. The third-order valence-corrected chi connectivity index (χ3v) is 1.98. The number of hydrogen-bond acceptors (Lipinski definition) is 4. The number of nitrogens with zero attached hydrogens (tertiary/aromatic N) is 2. The van der Waals surface area contributed by atoms with Crippen LogP contribution in [-0.4, -0.2) is 25.4 Å². The Morgan fingerprint density at radius 2 is 2.46 bits per heavy atom. The van der Waals surface area contributed by atoms with Crippen molar-refractivity contribution in [2.45, 2.75) is 6.42 Å². The molecule has 0 saturated heterocycles. The summed E-state index contributed by atoms with van der Waals surface area (Å²) in [5.74, 6) is 1.16. The molecule has 0 amide bonds. The molecule has 0 bridgehead atoms. The van der Waals surface area contributed by atoms with E-state index in [1.165, 1.54) is 6.21 Å². The van der Waals surface area contributed by atoms with Crippen LogP contribution in [0.5, 0.6) is 0 Å². The second-order valence-corrected chi connectivity index (χ2v) is 2.70. The van der Waals surface area contributed by atoms with E-state index in [2.05, 4.69) is 9.98 Å². The first-order valence-electron chi connectivity index (χ1n) is 3.90. The van der Waals surface area contributed by atoms with E-state index >= 15 is 0 Å². The van der Waals surface area contributed by atoms with E-state index in [0.29, 0.717) is 23.7 Å². The maximum absolute atomic E-state index is 10.6. The number of amidine groups is 1. The van der Waals surface area contributed by atoms with Gasteiger partial charge in [-0.3, -0.25) is 4.79 Å². The molecule has 2 aliphatic rings. The Kier molecular flexibility index (Phi) is 1.81. The van der Waals surface area contributed by atoms with E-state index in [1.54, 1.807) is 7.11 Å². The molecule has 0 unspecified atom stereocenters. The zero-order valence-electron chi connectivity index (χ0n) is 7.15. The van der Waals surface area contributed by atoms with Crippen LogP contribution in [0, 0.1) is 0 Å². The van der Waals surface area contributed by atoms with E-state index in [9.17, 15) is 4.79 Å². The van der Waals surface area contributed by atoms with Gasteiger partial charge in [-0.05, 0) is 6.08 Å². The summed E-state index contributed by atoms with van der Waals surface area (Å²) in [4.78, 5) is 18.7. The molecule has 13 heavy (non-hydrogen) atoms. The van der Waals surface area contributed by atoms with Crippen molar-refractivity contribution in [3.63, 3.8) is 0 Å². The molecule has 0 saturated carbocycles. The van der Waals surface area contributed by atoms with Crippen LogP contribution in [0.3, 0.4) is 0 Å². The second-order valence-electron chi connectivity index (χ2n) is 2.70. The van der Waals surface area contributed by atoms with Gasteiger partial charge in [0.15, 0.2) is 12.1 Å². The van der Waals surface area contributed by atoms with Gasteiger partial charge in [-0.25, -0.2) is 4.99 Å². The normalized spacial score (nSPS) is 19.5. The van der Waals surface area contributed by atoms with Crippen LogP contribution in [0.25, 0.3) is 0 Å². The molecule has 2 rings (SSSR count). The van der Waals surface area contributed by atoms with Crippen molar-refractivity contribution < 1.29 is 9.53 Å². The quantitative estimate of drug-likeness (QED) is 0.586. The van der Waals surface area contributed by atoms with Gasteiger partial charge in [-0.1, -0.05) is 0 Å². The molecule has 0 aromatic rings. The molecule has 2 heterocycles. The Bertz CT molecular complexity index is 375. The molecule has 0 aromatic carbocycles. The summed E-state index contributed by atoms with van der Waals surface area (Å²) in [6.07, 6.45) is 4.83. The number of fused-ring (bicyclic) bond motifs is 1. The van der Waals surface area contributed by atoms with Crippen molar-refractivity contribution in [2.75, 3.05) is 7.11 Å². The lowest BCUT2D eigenvalue weighted by Crippen LogP contribution is -2.04.